The Morgan fingerprint density at radius 1 is 1.04 bits per heavy atom. The summed E-state index contributed by atoms with van der Waals surface area (Å²) in [4.78, 5) is 0. The molecule has 0 bridgehead atoms. The summed E-state index contributed by atoms with van der Waals surface area (Å²) < 4.78 is 27.6. The van der Waals surface area contributed by atoms with Crippen LogP contribution in [-0.4, -0.2) is 20.5 Å². The first-order valence-corrected chi connectivity index (χ1v) is 11.7. The Morgan fingerprint density at radius 2 is 1.81 bits per heavy atom. The fraction of sp³-hybridized carbons (Fsp3) is 0.500. The number of hydrogen-bond acceptors (Lipinski definition) is 4. The Kier molecular flexibility index (Phi) is 8.28. The van der Waals surface area contributed by atoms with E-state index in [1.165, 1.54) is 16.9 Å². The van der Waals surface area contributed by atoms with Gasteiger partial charge in [-0.3, -0.25) is 0 Å². The molecule has 1 aromatic carbocycles. The highest BCUT2D eigenvalue weighted by Gasteiger charge is 2.25. The summed E-state index contributed by atoms with van der Waals surface area (Å²) in [5.41, 5.74) is 7.63. The molecule has 0 amide bonds. The van der Waals surface area contributed by atoms with Crippen molar-refractivity contribution in [2.75, 3.05) is 6.54 Å². The second-order valence-electron chi connectivity index (χ2n) is 6.88. The molecular weight excluding hydrogens is 364 g/mol. The Bertz CT molecular complexity index is 730. The zero-order valence-corrected chi connectivity index (χ0v) is 17.1. The summed E-state index contributed by atoms with van der Waals surface area (Å²) in [6.07, 6.45) is 6.75. The van der Waals surface area contributed by atoms with Crippen molar-refractivity contribution in [1.82, 2.24) is 4.72 Å². The summed E-state index contributed by atoms with van der Waals surface area (Å²) in [5.74, 6) is 0. The van der Waals surface area contributed by atoms with E-state index in [0.29, 0.717) is 17.2 Å². The first-order valence-electron chi connectivity index (χ1n) is 9.31. The van der Waals surface area contributed by atoms with Gasteiger partial charge >= 0.3 is 0 Å². The second-order valence-corrected chi connectivity index (χ2v) is 9.83. The van der Waals surface area contributed by atoms with E-state index in [1.54, 1.807) is 17.5 Å². The van der Waals surface area contributed by atoms with E-state index in [1.807, 2.05) is 18.2 Å². The minimum absolute atomic E-state index is 0.344. The van der Waals surface area contributed by atoms with Gasteiger partial charge in [0.2, 0.25) is 10.0 Å². The molecule has 0 spiro atoms. The van der Waals surface area contributed by atoms with E-state index in [4.69, 9.17) is 5.73 Å². The number of benzene rings is 1. The summed E-state index contributed by atoms with van der Waals surface area (Å²) in [6.45, 7) is 2.55. The van der Waals surface area contributed by atoms with Gasteiger partial charge in [0, 0.05) is 12.1 Å². The van der Waals surface area contributed by atoms with E-state index in [0.717, 1.165) is 38.5 Å². The highest BCUT2D eigenvalue weighted by molar-refractivity contribution is 7.91. The second kappa shape index (κ2) is 10.2. The molecule has 144 valence electrons. The molecule has 6 heteroatoms. The van der Waals surface area contributed by atoms with Gasteiger partial charge in [0.25, 0.3) is 0 Å². The number of nitrogens with two attached hydrogens (primary N) is 1. The van der Waals surface area contributed by atoms with Crippen LogP contribution in [0.15, 0.2) is 52.1 Å². The molecule has 3 N–H and O–H groups in total. The van der Waals surface area contributed by atoms with Crippen LogP contribution in [0.25, 0.3) is 0 Å². The van der Waals surface area contributed by atoms with Crippen molar-refractivity contribution in [3.63, 3.8) is 0 Å². The Balaban J connectivity index is 1.92. The van der Waals surface area contributed by atoms with Gasteiger partial charge in [-0.25, -0.2) is 13.1 Å². The summed E-state index contributed by atoms with van der Waals surface area (Å²) in [6, 6.07) is 13.7. The van der Waals surface area contributed by atoms with Crippen LogP contribution in [0.1, 0.15) is 51.0 Å². The molecule has 0 aliphatic heterocycles. The van der Waals surface area contributed by atoms with Crippen molar-refractivity contribution in [3.05, 3.63) is 53.4 Å². The van der Waals surface area contributed by atoms with Crippen molar-refractivity contribution < 1.29 is 8.42 Å². The van der Waals surface area contributed by atoms with E-state index in [-0.39, 0.29) is 5.54 Å². The van der Waals surface area contributed by atoms with Gasteiger partial charge in [-0.2, -0.15) is 0 Å². The van der Waals surface area contributed by atoms with Crippen LogP contribution in [-0.2, 0) is 16.4 Å². The largest absolute Gasteiger partial charge is 0.325 e. The van der Waals surface area contributed by atoms with E-state index in [2.05, 4.69) is 23.8 Å². The van der Waals surface area contributed by atoms with Crippen LogP contribution >= 0.6 is 11.3 Å². The molecule has 0 aliphatic carbocycles. The number of aryl methyl sites for hydroxylation is 1. The van der Waals surface area contributed by atoms with Crippen LogP contribution in [0.5, 0.6) is 0 Å². The standard InChI is InChI=1S/C20H30N2O2S2/c1-2-3-7-13-20(21,14-12-18-9-5-4-6-10-18)15-16-22-26(23,24)19-11-8-17-25-19/h4-6,8-11,17,22H,2-3,7,12-16,21H2,1H3. The lowest BCUT2D eigenvalue weighted by Crippen LogP contribution is -2.43. The highest BCUT2D eigenvalue weighted by atomic mass is 32.2. The van der Waals surface area contributed by atoms with Crippen molar-refractivity contribution in [3.8, 4) is 0 Å². The highest BCUT2D eigenvalue weighted by Crippen LogP contribution is 2.23. The number of unbranched alkanes of at least 4 members (excludes halogenated alkanes) is 2. The normalized spacial score (nSPS) is 14.2. The maximum absolute atomic E-state index is 12.3. The predicted octanol–water partition coefficient (Wildman–Crippen LogP) is 4.33. The van der Waals surface area contributed by atoms with Crippen molar-refractivity contribution in [2.24, 2.45) is 5.73 Å². The molecule has 26 heavy (non-hydrogen) atoms. The first kappa shape index (κ1) is 21.1. The monoisotopic (exact) mass is 394 g/mol. The average molecular weight is 395 g/mol. The lowest BCUT2D eigenvalue weighted by Gasteiger charge is -2.30. The van der Waals surface area contributed by atoms with E-state index < -0.39 is 10.0 Å². The van der Waals surface area contributed by atoms with Gasteiger partial charge in [-0.1, -0.05) is 62.6 Å². The van der Waals surface area contributed by atoms with Gasteiger partial charge in [-0.15, -0.1) is 11.3 Å². The predicted molar refractivity (Wildman–Crippen MR) is 110 cm³/mol. The average Bonchev–Trinajstić information content (AvgIpc) is 3.17. The van der Waals surface area contributed by atoms with E-state index >= 15 is 0 Å². The van der Waals surface area contributed by atoms with Crippen molar-refractivity contribution in [2.45, 2.75) is 61.6 Å². The Labute approximate surface area is 161 Å². The van der Waals surface area contributed by atoms with Gasteiger partial charge in [-0.05, 0) is 42.7 Å². The molecule has 0 saturated carbocycles. The van der Waals surface area contributed by atoms with Gasteiger partial charge < -0.3 is 5.73 Å². The van der Waals surface area contributed by atoms with Crippen LogP contribution in [0, 0.1) is 0 Å². The molecule has 1 unspecified atom stereocenters. The topological polar surface area (TPSA) is 72.2 Å². The van der Waals surface area contributed by atoms with Crippen molar-refractivity contribution >= 4 is 21.4 Å². The fourth-order valence-electron chi connectivity index (χ4n) is 3.06. The molecule has 2 aromatic rings. The van der Waals surface area contributed by atoms with E-state index in [9.17, 15) is 8.42 Å². The molecule has 1 aromatic heterocycles. The molecule has 0 radical (unpaired) electrons. The maximum atomic E-state index is 12.3. The van der Waals surface area contributed by atoms with Crippen molar-refractivity contribution in [1.29, 1.82) is 0 Å². The zero-order chi connectivity index (χ0) is 18.9. The Hall–Kier alpha value is -1.21. The maximum Gasteiger partial charge on any atom is 0.250 e. The summed E-state index contributed by atoms with van der Waals surface area (Å²) in [5, 5.41) is 1.77. The smallest absolute Gasteiger partial charge is 0.250 e. The summed E-state index contributed by atoms with van der Waals surface area (Å²) in [7, 11) is -3.42. The number of hydrogen-bond donors (Lipinski definition) is 2. The van der Waals surface area contributed by atoms with Crippen LogP contribution in [0.2, 0.25) is 0 Å². The van der Waals surface area contributed by atoms with Gasteiger partial charge in [0.05, 0.1) is 0 Å². The molecule has 4 nitrogen and oxygen atoms in total. The summed E-state index contributed by atoms with van der Waals surface area (Å²) >= 11 is 1.23. The number of thiophene rings is 1. The molecular formula is C20H30N2O2S2. The molecule has 0 fully saturated rings. The molecule has 1 atom stereocenters. The lowest BCUT2D eigenvalue weighted by atomic mass is 9.84. The SMILES string of the molecule is CCCCCC(N)(CCNS(=O)(=O)c1cccs1)CCc1ccccc1. The third-order valence-corrected chi connectivity index (χ3v) is 7.57. The quantitative estimate of drug-likeness (QED) is 0.526. The van der Waals surface area contributed by atoms with Gasteiger partial charge in [0.1, 0.15) is 4.21 Å². The minimum atomic E-state index is -3.42. The first-order chi connectivity index (χ1) is 12.5. The molecule has 1 heterocycles. The zero-order valence-electron chi connectivity index (χ0n) is 15.5. The number of rotatable bonds is 12. The number of sulfonamides is 1. The number of nitrogens with one attached hydrogen (secondary N) is 1. The molecule has 0 saturated heterocycles. The van der Waals surface area contributed by atoms with Crippen LogP contribution in [0.3, 0.4) is 0 Å². The molecule has 2 rings (SSSR count). The minimum Gasteiger partial charge on any atom is -0.325 e. The van der Waals surface area contributed by atoms with Gasteiger partial charge in [0.15, 0.2) is 0 Å². The van der Waals surface area contributed by atoms with Crippen LogP contribution < -0.4 is 10.5 Å². The molecule has 0 aliphatic rings. The Morgan fingerprint density at radius 3 is 2.46 bits per heavy atom. The third-order valence-electron chi connectivity index (χ3n) is 4.71. The third kappa shape index (κ3) is 6.83. The van der Waals surface area contributed by atoms with Crippen LogP contribution in [0.4, 0.5) is 0 Å². The lowest BCUT2D eigenvalue weighted by molar-refractivity contribution is 0.328. The fourth-order valence-corrected chi connectivity index (χ4v) is 5.13.